The first-order chi connectivity index (χ1) is 2.71. The monoisotopic (exact) mass is 156 g/mol. The molecule has 0 nitrogen and oxygen atoms in total. The van der Waals surface area contributed by atoms with E-state index in [2.05, 4.69) is 12.2 Å². The molecule has 0 bridgehead atoms. The molecule has 0 aliphatic carbocycles. The third kappa shape index (κ3) is 1.16. The van der Waals surface area contributed by atoms with Gasteiger partial charge in [-0.25, -0.2) is 0 Å². The number of thioether (sulfide) groups is 1. The molecule has 4 heteroatoms. The summed E-state index contributed by atoms with van der Waals surface area (Å²) < 4.78 is 0. The zero-order valence-electron chi connectivity index (χ0n) is 3.13. The Hall–Kier alpha value is 1.35. The van der Waals surface area contributed by atoms with Crippen LogP contribution in [0.5, 0.6) is 0 Å². The molecule has 0 unspecified atom stereocenters. The van der Waals surface area contributed by atoms with Crippen molar-refractivity contribution in [3.63, 3.8) is 0 Å². The van der Waals surface area contributed by atoms with Gasteiger partial charge in [0.25, 0.3) is 0 Å². The van der Waals surface area contributed by atoms with Gasteiger partial charge < -0.3 is 0 Å². The van der Waals surface area contributed by atoms with Crippen molar-refractivity contribution in [1.82, 2.24) is 0 Å². The Bertz CT molecular complexity index is 91.0. The second kappa shape index (κ2) is 1.70. The first-order valence-corrected chi connectivity index (χ1v) is 7.07. The van der Waals surface area contributed by atoms with Crippen molar-refractivity contribution in [2.45, 2.75) is 0 Å². The Morgan fingerprint density at radius 1 is 1.67 bits per heavy atom. The van der Waals surface area contributed by atoms with Gasteiger partial charge in [-0.15, -0.1) is 24.0 Å². The Kier molecular flexibility index (Phi) is 1.55. The van der Waals surface area contributed by atoms with Crippen molar-refractivity contribution in [2.75, 3.05) is 11.0 Å². The third-order valence-corrected chi connectivity index (χ3v) is 9.25. The van der Waals surface area contributed by atoms with Crippen LogP contribution in [0.1, 0.15) is 0 Å². The molecule has 1 heterocycles. The summed E-state index contributed by atoms with van der Waals surface area (Å²) in [7, 11) is 0. The minimum atomic E-state index is -0.975. The number of hydrogen-bond donors (Lipinski definition) is 1. The zero-order valence-corrected chi connectivity index (χ0v) is 6.55. The SMILES string of the molecule is S=P1(S)CSC1. The minimum Gasteiger partial charge on any atom is -0.149 e. The molecule has 1 fully saturated rings. The van der Waals surface area contributed by atoms with Crippen molar-refractivity contribution >= 4 is 41.1 Å². The molecule has 0 amide bonds. The highest BCUT2D eigenvalue weighted by atomic mass is 32.9. The maximum Gasteiger partial charge on any atom is 0.0322 e. The fourth-order valence-electron chi connectivity index (χ4n) is 0.247. The molecule has 0 N–H and O–H groups in total. The minimum absolute atomic E-state index is 0.975. The average molecular weight is 156 g/mol. The van der Waals surface area contributed by atoms with Crippen LogP contribution < -0.4 is 0 Å². The van der Waals surface area contributed by atoms with Gasteiger partial charge in [0, 0.05) is 16.2 Å². The third-order valence-electron chi connectivity index (χ3n) is 0.586. The molecular formula is C2H5PS3. The van der Waals surface area contributed by atoms with Gasteiger partial charge in [-0.2, -0.15) is 0 Å². The van der Waals surface area contributed by atoms with Crippen molar-refractivity contribution in [2.24, 2.45) is 0 Å². The highest BCUT2D eigenvalue weighted by molar-refractivity contribution is 8.69. The predicted octanol–water partition coefficient (Wildman–Crippen LogP) is 1.97. The second-order valence-corrected chi connectivity index (χ2v) is 10.7. The van der Waals surface area contributed by atoms with Crippen LogP contribution in [-0.4, -0.2) is 11.0 Å². The Labute approximate surface area is 52.2 Å². The molecule has 6 heavy (non-hydrogen) atoms. The van der Waals surface area contributed by atoms with E-state index in [0.717, 1.165) is 11.0 Å². The summed E-state index contributed by atoms with van der Waals surface area (Å²) in [5.74, 6) is 0. The summed E-state index contributed by atoms with van der Waals surface area (Å²) in [5, 5.41) is -0.975. The van der Waals surface area contributed by atoms with Gasteiger partial charge in [0.05, 0.1) is 0 Å². The number of thiol groups is 1. The van der Waals surface area contributed by atoms with Crippen LogP contribution in [0, 0.1) is 0 Å². The molecule has 0 aromatic rings. The summed E-state index contributed by atoms with van der Waals surface area (Å²) >= 11 is 11.2. The van der Waals surface area contributed by atoms with Crippen molar-refractivity contribution in [3.05, 3.63) is 0 Å². The van der Waals surface area contributed by atoms with E-state index >= 15 is 0 Å². The van der Waals surface area contributed by atoms with Crippen LogP contribution in [0.3, 0.4) is 0 Å². The van der Waals surface area contributed by atoms with Crippen molar-refractivity contribution < 1.29 is 0 Å². The van der Waals surface area contributed by atoms with Gasteiger partial charge >= 0.3 is 0 Å². The largest absolute Gasteiger partial charge is 0.149 e. The Balaban J connectivity index is 2.53. The second-order valence-electron chi connectivity index (χ2n) is 1.31. The van der Waals surface area contributed by atoms with Gasteiger partial charge in [-0.05, 0) is 0 Å². The molecule has 1 aliphatic rings. The fraction of sp³-hybridized carbons (Fsp3) is 1.00. The molecule has 1 aliphatic heterocycles. The van der Waals surface area contributed by atoms with E-state index in [1.165, 1.54) is 0 Å². The molecule has 0 radical (unpaired) electrons. The molecular weight excluding hydrogens is 151 g/mol. The molecule has 0 spiro atoms. The van der Waals surface area contributed by atoms with Crippen LogP contribution in [0.15, 0.2) is 0 Å². The lowest BCUT2D eigenvalue weighted by Crippen LogP contribution is -1.92. The maximum atomic E-state index is 5.03. The zero-order chi connectivity index (χ0) is 4.62. The van der Waals surface area contributed by atoms with Gasteiger partial charge in [-0.1, -0.05) is 11.8 Å². The van der Waals surface area contributed by atoms with E-state index in [4.69, 9.17) is 11.8 Å². The van der Waals surface area contributed by atoms with Crippen LogP contribution in [0.2, 0.25) is 0 Å². The molecule has 0 aromatic carbocycles. The smallest absolute Gasteiger partial charge is 0.0322 e. The van der Waals surface area contributed by atoms with Crippen molar-refractivity contribution in [3.8, 4) is 0 Å². The van der Waals surface area contributed by atoms with E-state index < -0.39 is 5.24 Å². The predicted molar refractivity (Wildman–Crippen MR) is 40.6 cm³/mol. The quantitative estimate of drug-likeness (QED) is 0.420. The van der Waals surface area contributed by atoms with E-state index in [0.29, 0.717) is 0 Å². The molecule has 36 valence electrons. The molecule has 1 rings (SSSR count). The van der Waals surface area contributed by atoms with E-state index in [1.54, 1.807) is 0 Å². The first-order valence-electron chi connectivity index (χ1n) is 1.59. The van der Waals surface area contributed by atoms with Gasteiger partial charge in [0.1, 0.15) is 0 Å². The van der Waals surface area contributed by atoms with Crippen LogP contribution >= 0.6 is 29.3 Å². The highest BCUT2D eigenvalue weighted by Gasteiger charge is 2.20. The number of rotatable bonds is 0. The topological polar surface area (TPSA) is 0 Å². The Morgan fingerprint density at radius 3 is 2.00 bits per heavy atom. The average Bonchev–Trinajstić information content (AvgIpc) is 1.32. The first kappa shape index (κ1) is 5.49. The molecule has 0 saturated carbocycles. The summed E-state index contributed by atoms with van der Waals surface area (Å²) in [6, 6.07) is 0. The van der Waals surface area contributed by atoms with E-state index in [-0.39, 0.29) is 0 Å². The molecule has 0 atom stereocenters. The fourth-order valence-corrected chi connectivity index (χ4v) is 5.04. The standard InChI is InChI=1S/C2H5PS3/c4-3(5)1-6-2-3/h1-2H2,(H,4,5). The van der Waals surface area contributed by atoms with Crippen LogP contribution in [0.25, 0.3) is 0 Å². The summed E-state index contributed by atoms with van der Waals surface area (Å²) in [6.45, 7) is 0. The molecule has 0 aromatic heterocycles. The summed E-state index contributed by atoms with van der Waals surface area (Å²) in [5.41, 5.74) is 2.32. The lowest BCUT2D eigenvalue weighted by Gasteiger charge is -2.23. The molecule has 1 saturated heterocycles. The normalized spacial score (nSPS) is 28.8. The van der Waals surface area contributed by atoms with Crippen LogP contribution in [0.4, 0.5) is 0 Å². The highest BCUT2D eigenvalue weighted by Crippen LogP contribution is 2.64. The van der Waals surface area contributed by atoms with Gasteiger partial charge in [0.15, 0.2) is 0 Å². The van der Waals surface area contributed by atoms with E-state index in [1.807, 2.05) is 11.8 Å². The maximum absolute atomic E-state index is 5.03. The lowest BCUT2D eigenvalue weighted by molar-refractivity contribution is 1.97. The van der Waals surface area contributed by atoms with Gasteiger partial charge in [-0.3, -0.25) is 0 Å². The number of hydrogen-bond acceptors (Lipinski definition) is 2. The summed E-state index contributed by atoms with van der Waals surface area (Å²) in [6.07, 6.45) is 0. The lowest BCUT2D eigenvalue weighted by atomic mass is 11.8. The van der Waals surface area contributed by atoms with Gasteiger partial charge in [0.2, 0.25) is 0 Å². The van der Waals surface area contributed by atoms with Crippen molar-refractivity contribution in [1.29, 1.82) is 0 Å². The summed E-state index contributed by atoms with van der Waals surface area (Å²) in [4.78, 5) is 0. The Morgan fingerprint density at radius 2 is 2.00 bits per heavy atom. The van der Waals surface area contributed by atoms with Crippen LogP contribution in [-0.2, 0) is 11.8 Å². The van der Waals surface area contributed by atoms with E-state index in [9.17, 15) is 0 Å².